The molecule has 2 amide bonds. The molecule has 2 unspecified atom stereocenters. The Labute approximate surface area is 198 Å². The van der Waals surface area contributed by atoms with Crippen LogP contribution in [0, 0.1) is 5.92 Å². The largest absolute Gasteiger partial charge is 0.481 e. The van der Waals surface area contributed by atoms with Gasteiger partial charge >= 0.3 is 12.1 Å². The summed E-state index contributed by atoms with van der Waals surface area (Å²) in [5, 5.41) is 24.4. The Morgan fingerprint density at radius 1 is 1.00 bits per heavy atom. The van der Waals surface area contributed by atoms with Crippen LogP contribution >= 0.6 is 0 Å². The van der Waals surface area contributed by atoms with Crippen molar-refractivity contribution in [2.45, 2.75) is 50.2 Å². The molecule has 0 aromatic heterocycles. The van der Waals surface area contributed by atoms with Crippen LogP contribution in [-0.4, -0.2) is 52.5 Å². The quantitative estimate of drug-likeness (QED) is 0.450. The molecule has 0 aliphatic heterocycles. The van der Waals surface area contributed by atoms with Crippen molar-refractivity contribution in [1.82, 2.24) is 10.6 Å². The zero-order valence-electron chi connectivity index (χ0n) is 19.3. The highest BCUT2D eigenvalue weighted by atomic mass is 16.5. The van der Waals surface area contributed by atoms with Gasteiger partial charge in [-0.15, -0.1) is 0 Å². The number of amides is 2. The Hall–Kier alpha value is -3.39. The van der Waals surface area contributed by atoms with Gasteiger partial charge in [0.05, 0.1) is 12.0 Å². The van der Waals surface area contributed by atoms with Gasteiger partial charge in [0.25, 0.3) is 0 Å². The van der Waals surface area contributed by atoms with Gasteiger partial charge in [0.2, 0.25) is 5.91 Å². The normalized spacial score (nSPS) is 18.1. The number of benzene rings is 2. The van der Waals surface area contributed by atoms with Crippen LogP contribution in [0.5, 0.6) is 0 Å². The number of aliphatic hydroxyl groups is 1. The maximum Gasteiger partial charge on any atom is 0.408 e. The molecule has 8 nitrogen and oxygen atoms in total. The van der Waals surface area contributed by atoms with E-state index in [-0.39, 0.29) is 25.0 Å². The Morgan fingerprint density at radius 3 is 2.09 bits per heavy atom. The lowest BCUT2D eigenvalue weighted by molar-refractivity contribution is -0.142. The van der Waals surface area contributed by atoms with Crippen molar-refractivity contribution < 1.29 is 29.3 Å². The number of alkyl carbamates (subject to hydrolysis) is 1. The molecule has 2 aromatic rings. The second-order valence-corrected chi connectivity index (χ2v) is 9.68. The topological polar surface area (TPSA) is 125 Å². The molecule has 0 bridgehead atoms. The summed E-state index contributed by atoms with van der Waals surface area (Å²) in [6, 6.07) is 16.1. The molecule has 180 valence electrons. The number of fused-ring (bicyclic) bond motifs is 3. The highest BCUT2D eigenvalue weighted by molar-refractivity contribution is 5.90. The lowest BCUT2D eigenvalue weighted by Crippen LogP contribution is -2.60. The molecule has 34 heavy (non-hydrogen) atoms. The number of aliphatic carboxylic acids is 1. The molecule has 2 atom stereocenters. The van der Waals surface area contributed by atoms with Crippen molar-refractivity contribution in [3.8, 4) is 11.1 Å². The SMILES string of the molecule is CC(O)(CNC(=O)C(C)(NC(=O)OCC1c2ccccc2-c2ccccc21)C1CC1)CC(=O)O. The first-order valence-electron chi connectivity index (χ1n) is 11.5. The van der Waals surface area contributed by atoms with Crippen molar-refractivity contribution in [2.75, 3.05) is 13.2 Å². The fourth-order valence-corrected chi connectivity index (χ4v) is 4.69. The number of carbonyl (C=O) groups excluding carboxylic acids is 2. The van der Waals surface area contributed by atoms with Crippen LogP contribution in [0.1, 0.15) is 50.2 Å². The molecule has 1 saturated carbocycles. The number of carboxylic acid groups (broad SMARTS) is 1. The number of hydrogen-bond donors (Lipinski definition) is 4. The zero-order valence-corrected chi connectivity index (χ0v) is 19.3. The number of hydrogen-bond acceptors (Lipinski definition) is 5. The Balaban J connectivity index is 1.40. The highest BCUT2D eigenvalue weighted by Gasteiger charge is 2.49. The number of rotatable bonds is 9. The van der Waals surface area contributed by atoms with E-state index >= 15 is 0 Å². The molecule has 1 fully saturated rings. The first-order chi connectivity index (χ1) is 16.1. The van der Waals surface area contributed by atoms with Gasteiger partial charge in [-0.05, 0) is 54.9 Å². The summed E-state index contributed by atoms with van der Waals surface area (Å²) in [5.74, 6) is -1.79. The summed E-state index contributed by atoms with van der Waals surface area (Å²) >= 11 is 0. The fraction of sp³-hybridized carbons (Fsp3) is 0.423. The molecular weight excluding hydrogens is 436 g/mol. The molecule has 2 aliphatic carbocycles. The van der Waals surface area contributed by atoms with Crippen molar-refractivity contribution in [1.29, 1.82) is 0 Å². The monoisotopic (exact) mass is 466 g/mol. The number of carbonyl (C=O) groups is 3. The predicted molar refractivity (Wildman–Crippen MR) is 125 cm³/mol. The molecule has 0 heterocycles. The fourth-order valence-electron chi connectivity index (χ4n) is 4.69. The third-order valence-corrected chi connectivity index (χ3v) is 6.73. The van der Waals surface area contributed by atoms with Gasteiger partial charge in [0.15, 0.2) is 0 Å². The summed E-state index contributed by atoms with van der Waals surface area (Å²) in [7, 11) is 0. The third-order valence-electron chi connectivity index (χ3n) is 6.73. The van der Waals surface area contributed by atoms with Crippen LogP contribution in [0.25, 0.3) is 11.1 Å². The molecule has 2 aliphatic rings. The van der Waals surface area contributed by atoms with E-state index in [1.807, 2.05) is 36.4 Å². The van der Waals surface area contributed by atoms with Gasteiger partial charge in [-0.25, -0.2) is 4.79 Å². The third kappa shape index (κ3) is 4.92. The molecule has 4 N–H and O–H groups in total. The molecule has 0 radical (unpaired) electrons. The molecule has 8 heteroatoms. The maximum atomic E-state index is 13.0. The number of nitrogens with one attached hydrogen (secondary N) is 2. The lowest BCUT2D eigenvalue weighted by Gasteiger charge is -2.31. The Bertz CT molecular complexity index is 1060. The van der Waals surface area contributed by atoms with Crippen molar-refractivity contribution >= 4 is 18.0 Å². The van der Waals surface area contributed by atoms with Crippen LogP contribution in [0.2, 0.25) is 0 Å². The first-order valence-corrected chi connectivity index (χ1v) is 11.5. The van der Waals surface area contributed by atoms with Gasteiger partial charge in [-0.1, -0.05) is 48.5 Å². The summed E-state index contributed by atoms with van der Waals surface area (Å²) in [6.07, 6.45) is 0.356. The van der Waals surface area contributed by atoms with Crippen LogP contribution in [0.15, 0.2) is 48.5 Å². The van der Waals surface area contributed by atoms with E-state index in [0.29, 0.717) is 0 Å². The standard InChI is InChI=1S/C26H30N2O6/c1-25(33,13-22(29)30)15-27-23(31)26(2,16-11-12-16)28-24(32)34-14-21-19-9-5-3-7-17(19)18-8-4-6-10-20(18)21/h3-10,16,21,33H,11-15H2,1-2H3,(H,27,31)(H,28,32)(H,29,30). The summed E-state index contributed by atoms with van der Waals surface area (Å²) < 4.78 is 5.60. The summed E-state index contributed by atoms with van der Waals surface area (Å²) in [4.78, 5) is 36.7. The van der Waals surface area contributed by atoms with Crippen LogP contribution in [-0.2, 0) is 14.3 Å². The molecule has 0 spiro atoms. The number of carboxylic acids is 1. The van der Waals surface area contributed by atoms with Gasteiger partial charge in [0.1, 0.15) is 12.1 Å². The smallest absolute Gasteiger partial charge is 0.408 e. The van der Waals surface area contributed by atoms with Crippen molar-refractivity contribution in [2.24, 2.45) is 5.92 Å². The first kappa shape index (κ1) is 23.8. The van der Waals surface area contributed by atoms with E-state index in [2.05, 4.69) is 22.8 Å². The zero-order chi connectivity index (χ0) is 24.5. The Kier molecular flexibility index (Phi) is 6.36. The minimum Gasteiger partial charge on any atom is -0.481 e. The summed E-state index contributed by atoms with van der Waals surface area (Å²) in [5.41, 5.74) is 1.63. The van der Waals surface area contributed by atoms with Crippen LogP contribution in [0.4, 0.5) is 4.79 Å². The van der Waals surface area contributed by atoms with Gasteiger partial charge < -0.3 is 25.6 Å². The second-order valence-electron chi connectivity index (χ2n) is 9.68. The minimum absolute atomic E-state index is 0.0580. The molecular formula is C26H30N2O6. The van der Waals surface area contributed by atoms with Gasteiger partial charge in [0, 0.05) is 12.5 Å². The predicted octanol–water partition coefficient (Wildman–Crippen LogP) is 3.04. The number of ether oxygens (including phenoxy) is 1. The van der Waals surface area contributed by atoms with E-state index in [9.17, 15) is 19.5 Å². The molecule has 4 rings (SSSR count). The highest BCUT2D eigenvalue weighted by Crippen LogP contribution is 2.44. The van der Waals surface area contributed by atoms with E-state index in [0.717, 1.165) is 35.1 Å². The average Bonchev–Trinajstić information content (AvgIpc) is 3.59. The van der Waals surface area contributed by atoms with Crippen LogP contribution in [0.3, 0.4) is 0 Å². The van der Waals surface area contributed by atoms with Crippen LogP contribution < -0.4 is 10.6 Å². The molecule has 0 saturated heterocycles. The minimum atomic E-state index is -1.60. The maximum absolute atomic E-state index is 13.0. The molecule has 2 aromatic carbocycles. The Morgan fingerprint density at radius 2 is 1.56 bits per heavy atom. The lowest BCUT2D eigenvalue weighted by atomic mass is 9.93. The van der Waals surface area contributed by atoms with Crippen molar-refractivity contribution in [3.05, 3.63) is 59.7 Å². The average molecular weight is 467 g/mol. The van der Waals surface area contributed by atoms with E-state index < -0.39 is 35.5 Å². The second kappa shape index (κ2) is 9.10. The van der Waals surface area contributed by atoms with Gasteiger partial charge in [-0.3, -0.25) is 9.59 Å². The summed E-state index contributed by atoms with van der Waals surface area (Å²) in [6.45, 7) is 2.87. The van der Waals surface area contributed by atoms with E-state index in [1.165, 1.54) is 6.92 Å². The van der Waals surface area contributed by atoms with E-state index in [1.54, 1.807) is 6.92 Å². The van der Waals surface area contributed by atoms with Crippen molar-refractivity contribution in [3.63, 3.8) is 0 Å². The van der Waals surface area contributed by atoms with Gasteiger partial charge in [-0.2, -0.15) is 0 Å². The van der Waals surface area contributed by atoms with E-state index in [4.69, 9.17) is 9.84 Å².